The summed E-state index contributed by atoms with van der Waals surface area (Å²) in [5.74, 6) is -1.77. The molecule has 9 nitrogen and oxygen atoms in total. The molecule has 3 atom stereocenters. The Morgan fingerprint density at radius 3 is 2.30 bits per heavy atom. The first-order valence-corrected chi connectivity index (χ1v) is 11.5. The highest BCUT2D eigenvalue weighted by Gasteiger charge is 2.37. The van der Waals surface area contributed by atoms with Crippen LogP contribution in [0, 0.1) is 0 Å². The van der Waals surface area contributed by atoms with Gasteiger partial charge in [-0.05, 0) is 33.3 Å². The van der Waals surface area contributed by atoms with Gasteiger partial charge in [0.05, 0.1) is 25.9 Å². The van der Waals surface area contributed by atoms with Gasteiger partial charge in [-0.25, -0.2) is 4.79 Å². The lowest BCUT2D eigenvalue weighted by Gasteiger charge is -2.30. The van der Waals surface area contributed by atoms with Gasteiger partial charge in [0.2, 0.25) is 11.8 Å². The first kappa shape index (κ1) is 28.6. The van der Waals surface area contributed by atoms with Gasteiger partial charge in [0.1, 0.15) is 10.8 Å². The third kappa shape index (κ3) is 9.93. The topological polar surface area (TPSA) is 120 Å². The summed E-state index contributed by atoms with van der Waals surface area (Å²) in [6.07, 6.45) is -0.559. The predicted octanol–water partition coefficient (Wildman–Crippen LogP) is 1.83. The Morgan fingerprint density at radius 1 is 1.12 bits per heavy atom. The summed E-state index contributed by atoms with van der Waals surface area (Å²) in [6.45, 7) is 7.97. The number of carbonyl (C=O) groups is 4. The number of hydrogen-bond acceptors (Lipinski definition) is 8. The zero-order valence-corrected chi connectivity index (χ0v) is 20.8. The molecule has 2 unspecified atom stereocenters. The zero-order chi connectivity index (χ0) is 25.0. The van der Waals surface area contributed by atoms with Crippen molar-refractivity contribution < 1.29 is 33.4 Å². The molecule has 10 heteroatoms. The number of thioether (sulfide) groups is 1. The van der Waals surface area contributed by atoms with Gasteiger partial charge in [0.25, 0.3) is 0 Å². The maximum Gasteiger partial charge on any atom is 0.331 e. The number of ether oxygens (including phenoxy) is 3. The van der Waals surface area contributed by atoms with Crippen molar-refractivity contribution in [3.8, 4) is 0 Å². The van der Waals surface area contributed by atoms with Crippen molar-refractivity contribution >= 4 is 34.7 Å². The average molecular weight is 483 g/mol. The Morgan fingerprint density at radius 2 is 1.76 bits per heavy atom. The summed E-state index contributed by atoms with van der Waals surface area (Å²) in [7, 11) is 1.43. The minimum absolute atomic E-state index is 0.104. The lowest BCUT2D eigenvalue weighted by Crippen LogP contribution is -2.60. The molecule has 0 heterocycles. The van der Waals surface area contributed by atoms with Crippen molar-refractivity contribution in [2.24, 2.45) is 0 Å². The number of nitrogens with one attached hydrogen (secondary N) is 2. The molecule has 0 saturated carbocycles. The molecule has 2 N–H and O–H groups in total. The van der Waals surface area contributed by atoms with Gasteiger partial charge in [0, 0.05) is 14.0 Å². The van der Waals surface area contributed by atoms with Crippen LogP contribution in [0.25, 0.3) is 0 Å². The minimum Gasteiger partial charge on any atom is -0.464 e. The van der Waals surface area contributed by atoms with E-state index in [-0.39, 0.29) is 24.9 Å². The van der Waals surface area contributed by atoms with Gasteiger partial charge in [-0.1, -0.05) is 42.1 Å². The van der Waals surface area contributed by atoms with E-state index in [9.17, 15) is 19.2 Å². The lowest BCUT2D eigenvalue weighted by molar-refractivity contribution is -0.150. The number of esters is 1. The van der Waals surface area contributed by atoms with Crippen molar-refractivity contribution in [1.82, 2.24) is 10.6 Å². The van der Waals surface area contributed by atoms with Gasteiger partial charge < -0.3 is 24.8 Å². The lowest BCUT2D eigenvalue weighted by atomic mass is 10.0. The summed E-state index contributed by atoms with van der Waals surface area (Å²) >= 11 is 0.825. The Kier molecular flexibility index (Phi) is 12.1. The quantitative estimate of drug-likeness (QED) is 0.409. The van der Waals surface area contributed by atoms with Crippen LogP contribution in [0.2, 0.25) is 0 Å². The highest BCUT2D eigenvalue weighted by atomic mass is 32.2. The number of rotatable bonds is 13. The molecule has 0 fully saturated rings. The second-order valence-electron chi connectivity index (χ2n) is 7.86. The van der Waals surface area contributed by atoms with Crippen molar-refractivity contribution in [3.05, 3.63) is 35.9 Å². The Bertz CT molecular complexity index is 801. The van der Waals surface area contributed by atoms with E-state index < -0.39 is 40.7 Å². The van der Waals surface area contributed by atoms with Crippen LogP contribution >= 0.6 is 11.8 Å². The molecule has 0 spiro atoms. The fourth-order valence-corrected chi connectivity index (χ4v) is 3.55. The number of methoxy groups -OCH3 is 1. The van der Waals surface area contributed by atoms with Gasteiger partial charge >= 0.3 is 5.97 Å². The van der Waals surface area contributed by atoms with Crippen molar-refractivity contribution in [2.75, 3.05) is 20.3 Å². The monoisotopic (exact) mass is 482 g/mol. The summed E-state index contributed by atoms with van der Waals surface area (Å²) in [5.41, 5.74) is -0.468. The summed E-state index contributed by atoms with van der Waals surface area (Å²) < 4.78 is 15.9. The molecule has 0 aliphatic rings. The molecule has 0 aliphatic heterocycles. The first-order valence-electron chi connectivity index (χ1n) is 10.6. The van der Waals surface area contributed by atoms with Crippen molar-refractivity contribution in [2.45, 2.75) is 64.2 Å². The van der Waals surface area contributed by atoms with E-state index in [0.717, 1.165) is 17.3 Å². The highest BCUT2D eigenvalue weighted by molar-refractivity contribution is 8.14. The Labute approximate surface area is 199 Å². The fraction of sp³-hybridized carbons (Fsp3) is 0.565. The van der Waals surface area contributed by atoms with E-state index in [2.05, 4.69) is 10.6 Å². The maximum atomic E-state index is 12.9. The SMILES string of the molecule is CCOC(=O)[C@H](COCc1ccccc1)NC(=O)C(C)(C)NC(=O)C(SC(C)=O)C(C)OC. The largest absolute Gasteiger partial charge is 0.464 e. The number of amides is 2. The third-order valence-corrected chi connectivity index (χ3v) is 5.81. The summed E-state index contributed by atoms with van der Waals surface area (Å²) in [4.78, 5) is 49.6. The number of benzene rings is 1. The number of hydrogen-bond donors (Lipinski definition) is 2. The normalized spacial score (nSPS) is 14.0. The zero-order valence-electron chi connectivity index (χ0n) is 20.0. The van der Waals surface area contributed by atoms with Crippen LogP contribution in [0.5, 0.6) is 0 Å². The predicted molar refractivity (Wildman–Crippen MR) is 125 cm³/mol. The van der Waals surface area contributed by atoms with E-state index >= 15 is 0 Å². The molecule has 33 heavy (non-hydrogen) atoms. The fourth-order valence-electron chi connectivity index (χ4n) is 2.72. The standard InChI is InChI=1S/C23H34N2O7S/c1-7-32-21(28)18(14-31-13-17-11-9-8-10-12-17)24-22(29)23(4,5)25-20(27)19(15(2)30-6)33-16(3)26/h8-12,15,18-19H,7,13-14H2,1-6H3,(H,24,29)(H,25,27)/t15?,18-,19?/m0/s1. The van der Waals surface area contributed by atoms with Crippen LogP contribution in [-0.4, -0.2) is 66.2 Å². The van der Waals surface area contributed by atoms with Gasteiger partial charge in [-0.3, -0.25) is 14.4 Å². The van der Waals surface area contributed by atoms with Gasteiger partial charge in [0.15, 0.2) is 11.2 Å². The van der Waals surface area contributed by atoms with E-state index in [1.807, 2.05) is 30.3 Å². The molecule has 1 aromatic rings. The molecule has 1 aromatic carbocycles. The van der Waals surface area contributed by atoms with Gasteiger partial charge in [-0.2, -0.15) is 0 Å². The van der Waals surface area contributed by atoms with Crippen LogP contribution in [-0.2, 0) is 40.0 Å². The van der Waals surface area contributed by atoms with Crippen LogP contribution in [0.3, 0.4) is 0 Å². The van der Waals surface area contributed by atoms with E-state index in [1.165, 1.54) is 27.9 Å². The van der Waals surface area contributed by atoms with Crippen LogP contribution in [0.1, 0.15) is 40.2 Å². The molecule has 0 aromatic heterocycles. The van der Waals surface area contributed by atoms with Crippen molar-refractivity contribution in [3.63, 3.8) is 0 Å². The highest BCUT2D eigenvalue weighted by Crippen LogP contribution is 2.19. The second kappa shape index (κ2) is 14.0. The molecule has 0 aliphatic carbocycles. The van der Waals surface area contributed by atoms with Crippen LogP contribution in [0.4, 0.5) is 0 Å². The summed E-state index contributed by atoms with van der Waals surface area (Å²) in [5, 5.41) is 4.15. The molecular weight excluding hydrogens is 448 g/mol. The molecular formula is C23H34N2O7S. The minimum atomic E-state index is -1.38. The molecule has 2 amide bonds. The third-order valence-electron chi connectivity index (χ3n) is 4.63. The molecule has 0 bridgehead atoms. The van der Waals surface area contributed by atoms with E-state index in [4.69, 9.17) is 14.2 Å². The second-order valence-corrected chi connectivity index (χ2v) is 9.18. The van der Waals surface area contributed by atoms with Crippen LogP contribution < -0.4 is 10.6 Å². The van der Waals surface area contributed by atoms with Crippen LogP contribution in [0.15, 0.2) is 30.3 Å². The Balaban J connectivity index is 2.84. The number of carbonyl (C=O) groups excluding carboxylic acids is 4. The average Bonchev–Trinajstić information content (AvgIpc) is 2.76. The molecule has 0 radical (unpaired) electrons. The Hall–Kier alpha value is -2.43. The van der Waals surface area contributed by atoms with Gasteiger partial charge in [-0.15, -0.1) is 0 Å². The van der Waals surface area contributed by atoms with Crippen molar-refractivity contribution in [1.29, 1.82) is 0 Å². The van der Waals surface area contributed by atoms with E-state index in [0.29, 0.717) is 0 Å². The smallest absolute Gasteiger partial charge is 0.331 e. The summed E-state index contributed by atoms with van der Waals surface area (Å²) in [6, 6.07) is 8.33. The van der Waals surface area contributed by atoms with E-state index in [1.54, 1.807) is 13.8 Å². The molecule has 0 saturated heterocycles. The molecule has 1 rings (SSSR count). The maximum absolute atomic E-state index is 12.9. The first-order chi connectivity index (χ1) is 15.5. The molecule has 184 valence electrons.